The molecule has 0 spiro atoms. The summed E-state index contributed by atoms with van der Waals surface area (Å²) < 4.78 is 35.9. The minimum absolute atomic E-state index is 0.0711. The largest absolute Gasteiger partial charge is 0.456 e. The highest BCUT2D eigenvalue weighted by atomic mass is 19.1. The first-order valence-electron chi connectivity index (χ1n) is 8.29. The first-order chi connectivity index (χ1) is 13.5. The van der Waals surface area contributed by atoms with Crippen LogP contribution in [0.3, 0.4) is 0 Å². The number of benzene rings is 2. The third-order valence-corrected chi connectivity index (χ3v) is 3.59. The average Bonchev–Trinajstić information content (AvgIpc) is 3.14. The molecule has 0 fully saturated rings. The molecule has 28 heavy (non-hydrogen) atoms. The van der Waals surface area contributed by atoms with Gasteiger partial charge >= 0.3 is 5.97 Å². The SMILES string of the molecule is O=C(COC(=O)CCc1nc(-c2ccc(F)cc2)no1)Nc1cccc(F)c1. The van der Waals surface area contributed by atoms with E-state index in [1.807, 2.05) is 0 Å². The normalized spacial score (nSPS) is 10.5. The van der Waals surface area contributed by atoms with Crippen LogP contribution in [0.4, 0.5) is 14.5 Å². The van der Waals surface area contributed by atoms with E-state index in [-0.39, 0.29) is 36.1 Å². The molecule has 1 heterocycles. The van der Waals surface area contributed by atoms with Gasteiger partial charge in [0.15, 0.2) is 6.61 Å². The van der Waals surface area contributed by atoms with E-state index in [1.165, 1.54) is 42.5 Å². The Hall–Kier alpha value is -3.62. The molecular weight excluding hydrogens is 372 g/mol. The molecule has 0 radical (unpaired) electrons. The number of nitrogens with zero attached hydrogens (tertiary/aromatic N) is 2. The predicted molar refractivity (Wildman–Crippen MR) is 94.0 cm³/mol. The smallest absolute Gasteiger partial charge is 0.306 e. The molecule has 7 nitrogen and oxygen atoms in total. The number of carbonyl (C=O) groups is 2. The first-order valence-corrected chi connectivity index (χ1v) is 8.29. The number of carbonyl (C=O) groups excluding carboxylic acids is 2. The molecule has 3 rings (SSSR count). The molecule has 2 aromatic carbocycles. The summed E-state index contributed by atoms with van der Waals surface area (Å²) in [5, 5.41) is 6.18. The number of aromatic nitrogens is 2. The van der Waals surface area contributed by atoms with E-state index in [0.29, 0.717) is 5.56 Å². The van der Waals surface area contributed by atoms with Gasteiger partial charge in [0.05, 0.1) is 6.42 Å². The summed E-state index contributed by atoms with van der Waals surface area (Å²) in [5.41, 5.74) is 0.841. The van der Waals surface area contributed by atoms with Gasteiger partial charge < -0.3 is 14.6 Å². The van der Waals surface area contributed by atoms with Crippen molar-refractivity contribution in [1.29, 1.82) is 0 Å². The van der Waals surface area contributed by atoms with E-state index in [2.05, 4.69) is 15.5 Å². The zero-order valence-corrected chi connectivity index (χ0v) is 14.5. The lowest BCUT2D eigenvalue weighted by molar-refractivity contribution is -0.147. The number of ether oxygens (including phenoxy) is 1. The number of hydrogen-bond acceptors (Lipinski definition) is 6. The van der Waals surface area contributed by atoms with Crippen LogP contribution in [-0.2, 0) is 20.7 Å². The van der Waals surface area contributed by atoms with Gasteiger partial charge in [0.1, 0.15) is 11.6 Å². The standard InChI is InChI=1S/C19H15F2N3O4/c20-13-6-4-12(5-7-13)19-23-17(28-24-19)8-9-18(26)27-11-16(25)22-15-3-1-2-14(21)10-15/h1-7,10H,8-9,11H2,(H,22,25). The van der Waals surface area contributed by atoms with Crippen LogP contribution in [0.1, 0.15) is 12.3 Å². The second-order valence-corrected chi connectivity index (χ2v) is 5.74. The minimum atomic E-state index is -0.629. The van der Waals surface area contributed by atoms with Gasteiger partial charge in [0.25, 0.3) is 5.91 Å². The summed E-state index contributed by atoms with van der Waals surface area (Å²) in [7, 11) is 0. The average molecular weight is 387 g/mol. The molecule has 0 aliphatic rings. The summed E-state index contributed by atoms with van der Waals surface area (Å²) in [5.74, 6) is -1.60. The van der Waals surface area contributed by atoms with Crippen molar-refractivity contribution in [3.63, 3.8) is 0 Å². The number of aryl methyl sites for hydroxylation is 1. The Balaban J connectivity index is 1.43. The Labute approximate surface area is 158 Å². The summed E-state index contributed by atoms with van der Waals surface area (Å²) in [4.78, 5) is 27.6. The van der Waals surface area contributed by atoms with Crippen molar-refractivity contribution in [2.24, 2.45) is 0 Å². The zero-order valence-electron chi connectivity index (χ0n) is 14.5. The molecule has 0 bridgehead atoms. The van der Waals surface area contributed by atoms with E-state index < -0.39 is 24.3 Å². The Morgan fingerprint density at radius 3 is 2.61 bits per heavy atom. The monoisotopic (exact) mass is 387 g/mol. The van der Waals surface area contributed by atoms with E-state index in [9.17, 15) is 18.4 Å². The lowest BCUT2D eigenvalue weighted by Crippen LogP contribution is -2.21. The van der Waals surface area contributed by atoms with E-state index in [0.717, 1.165) is 6.07 Å². The highest BCUT2D eigenvalue weighted by Gasteiger charge is 2.13. The summed E-state index contributed by atoms with van der Waals surface area (Å²) in [6.45, 7) is -0.500. The van der Waals surface area contributed by atoms with Crippen molar-refractivity contribution in [3.8, 4) is 11.4 Å². The molecule has 0 saturated carbocycles. The number of rotatable bonds is 7. The van der Waals surface area contributed by atoms with Crippen molar-refractivity contribution in [2.45, 2.75) is 12.8 Å². The van der Waals surface area contributed by atoms with Crippen LogP contribution in [0.15, 0.2) is 53.1 Å². The maximum absolute atomic E-state index is 13.0. The van der Waals surface area contributed by atoms with E-state index in [4.69, 9.17) is 9.26 Å². The van der Waals surface area contributed by atoms with Crippen molar-refractivity contribution in [1.82, 2.24) is 10.1 Å². The molecule has 0 unspecified atom stereocenters. The van der Waals surface area contributed by atoms with Gasteiger partial charge in [-0.15, -0.1) is 0 Å². The molecule has 1 N–H and O–H groups in total. The maximum Gasteiger partial charge on any atom is 0.306 e. The van der Waals surface area contributed by atoms with Crippen LogP contribution in [0.2, 0.25) is 0 Å². The molecular formula is C19H15F2N3O4. The fourth-order valence-electron chi connectivity index (χ4n) is 2.26. The molecule has 0 aliphatic heterocycles. The number of anilines is 1. The van der Waals surface area contributed by atoms with Crippen molar-refractivity contribution >= 4 is 17.6 Å². The lowest BCUT2D eigenvalue weighted by atomic mass is 10.2. The molecule has 0 saturated heterocycles. The van der Waals surface area contributed by atoms with Gasteiger partial charge in [0, 0.05) is 17.7 Å². The third kappa shape index (κ3) is 5.44. The van der Waals surface area contributed by atoms with Crippen LogP contribution in [0.25, 0.3) is 11.4 Å². The van der Waals surface area contributed by atoms with Crippen molar-refractivity contribution in [2.75, 3.05) is 11.9 Å². The summed E-state index contributed by atoms with van der Waals surface area (Å²) in [6, 6.07) is 10.9. The van der Waals surface area contributed by atoms with Gasteiger partial charge in [-0.25, -0.2) is 8.78 Å². The second-order valence-electron chi connectivity index (χ2n) is 5.74. The van der Waals surface area contributed by atoms with Gasteiger partial charge in [-0.05, 0) is 42.5 Å². The number of amides is 1. The molecule has 1 amide bonds. The number of hydrogen-bond donors (Lipinski definition) is 1. The van der Waals surface area contributed by atoms with Crippen molar-refractivity contribution in [3.05, 3.63) is 66.1 Å². The zero-order chi connectivity index (χ0) is 19.9. The van der Waals surface area contributed by atoms with Gasteiger partial charge in [-0.2, -0.15) is 4.98 Å². The van der Waals surface area contributed by atoms with Gasteiger partial charge in [-0.3, -0.25) is 9.59 Å². The molecule has 3 aromatic rings. The number of halogens is 2. The summed E-state index contributed by atoms with van der Waals surface area (Å²) >= 11 is 0. The highest BCUT2D eigenvalue weighted by Crippen LogP contribution is 2.16. The fourth-order valence-corrected chi connectivity index (χ4v) is 2.26. The number of esters is 1. The number of nitrogens with one attached hydrogen (secondary N) is 1. The molecule has 0 aliphatic carbocycles. The van der Waals surface area contributed by atoms with Crippen LogP contribution in [0.5, 0.6) is 0 Å². The molecule has 144 valence electrons. The molecule has 9 heteroatoms. The molecule has 1 aromatic heterocycles. The Bertz CT molecular complexity index is 973. The Kier molecular flexibility index (Phi) is 6.05. The van der Waals surface area contributed by atoms with E-state index in [1.54, 1.807) is 0 Å². The second kappa shape index (κ2) is 8.85. The maximum atomic E-state index is 13.0. The quantitative estimate of drug-likeness (QED) is 0.626. The summed E-state index contributed by atoms with van der Waals surface area (Å²) in [6.07, 6.45) is 0.0524. The third-order valence-electron chi connectivity index (χ3n) is 3.59. The van der Waals surface area contributed by atoms with Crippen LogP contribution in [-0.4, -0.2) is 28.6 Å². The van der Waals surface area contributed by atoms with Gasteiger partial charge in [-0.1, -0.05) is 11.2 Å². The van der Waals surface area contributed by atoms with Crippen LogP contribution < -0.4 is 5.32 Å². The first kappa shape index (κ1) is 19.2. The van der Waals surface area contributed by atoms with Gasteiger partial charge in [0.2, 0.25) is 11.7 Å². The Morgan fingerprint density at radius 2 is 1.86 bits per heavy atom. The predicted octanol–water partition coefficient (Wildman–Crippen LogP) is 3.13. The van der Waals surface area contributed by atoms with Crippen LogP contribution in [0, 0.1) is 11.6 Å². The molecule has 0 atom stereocenters. The lowest BCUT2D eigenvalue weighted by Gasteiger charge is -2.06. The fraction of sp³-hybridized carbons (Fsp3) is 0.158. The van der Waals surface area contributed by atoms with Crippen LogP contribution >= 0.6 is 0 Å². The minimum Gasteiger partial charge on any atom is -0.456 e. The highest BCUT2D eigenvalue weighted by molar-refractivity contribution is 5.92. The topological polar surface area (TPSA) is 94.3 Å². The van der Waals surface area contributed by atoms with E-state index >= 15 is 0 Å². The van der Waals surface area contributed by atoms with Crippen molar-refractivity contribution < 1.29 is 27.6 Å². The Morgan fingerprint density at radius 1 is 1.07 bits per heavy atom.